The lowest BCUT2D eigenvalue weighted by atomic mass is 10.1. The van der Waals surface area contributed by atoms with Gasteiger partial charge in [-0.1, -0.05) is 54.1 Å². The summed E-state index contributed by atoms with van der Waals surface area (Å²) in [6.45, 7) is 0. The molecule has 0 saturated heterocycles. The zero-order valence-corrected chi connectivity index (χ0v) is 14.7. The molecule has 1 N–H and O–H groups in total. The molecule has 0 bridgehead atoms. The quantitative estimate of drug-likeness (QED) is 0.519. The summed E-state index contributed by atoms with van der Waals surface area (Å²) < 4.78 is 5.71. The van der Waals surface area contributed by atoms with E-state index in [-0.39, 0.29) is 11.8 Å². The minimum Gasteiger partial charge on any atom is -0.455 e. The van der Waals surface area contributed by atoms with Crippen LogP contribution in [0, 0.1) is 5.92 Å². The van der Waals surface area contributed by atoms with Crippen molar-refractivity contribution in [3.8, 4) is 11.3 Å². The van der Waals surface area contributed by atoms with Crippen LogP contribution in [0.2, 0.25) is 5.02 Å². The third-order valence-corrected chi connectivity index (χ3v) is 4.69. The van der Waals surface area contributed by atoms with Gasteiger partial charge in [-0.3, -0.25) is 4.79 Å². The van der Waals surface area contributed by atoms with E-state index in [9.17, 15) is 4.79 Å². The van der Waals surface area contributed by atoms with Crippen molar-refractivity contribution in [3.05, 3.63) is 83.1 Å². The molecule has 1 heterocycles. The van der Waals surface area contributed by atoms with E-state index in [2.05, 4.69) is 22.7 Å². The molecule has 0 radical (unpaired) electrons. The summed E-state index contributed by atoms with van der Waals surface area (Å²) in [5, 5.41) is 4.66. The highest BCUT2D eigenvalue weighted by molar-refractivity contribution is 6.30. The summed E-state index contributed by atoms with van der Waals surface area (Å²) >= 11 is 6.00. The maximum Gasteiger partial charge on any atom is 0.243 e. The van der Waals surface area contributed by atoms with Gasteiger partial charge in [0.25, 0.3) is 0 Å². The number of hydrazone groups is 1. The van der Waals surface area contributed by atoms with E-state index in [1.165, 1.54) is 11.8 Å². The molecule has 0 unspecified atom stereocenters. The zero-order chi connectivity index (χ0) is 17.9. The van der Waals surface area contributed by atoms with Crippen LogP contribution in [0.15, 0.2) is 76.2 Å². The van der Waals surface area contributed by atoms with Gasteiger partial charge in [0.1, 0.15) is 11.5 Å². The highest BCUT2D eigenvalue weighted by Crippen LogP contribution is 2.47. The van der Waals surface area contributed by atoms with Gasteiger partial charge < -0.3 is 4.42 Å². The number of hydrogen-bond donors (Lipinski definition) is 1. The fourth-order valence-corrected chi connectivity index (χ4v) is 3.21. The molecular weight excluding hydrogens is 348 g/mol. The van der Waals surface area contributed by atoms with Gasteiger partial charge in [0.05, 0.1) is 6.21 Å². The molecule has 0 spiro atoms. The van der Waals surface area contributed by atoms with Crippen LogP contribution in [-0.2, 0) is 4.79 Å². The summed E-state index contributed by atoms with van der Waals surface area (Å²) in [5.41, 5.74) is 4.70. The smallest absolute Gasteiger partial charge is 0.243 e. The number of benzene rings is 2. The Morgan fingerprint density at radius 2 is 1.96 bits per heavy atom. The van der Waals surface area contributed by atoms with Crippen LogP contribution in [0.4, 0.5) is 0 Å². The minimum absolute atomic E-state index is 0.00632. The number of amides is 1. The van der Waals surface area contributed by atoms with E-state index < -0.39 is 0 Å². The maximum absolute atomic E-state index is 12.2. The van der Waals surface area contributed by atoms with Gasteiger partial charge in [0, 0.05) is 16.5 Å². The largest absolute Gasteiger partial charge is 0.455 e. The Morgan fingerprint density at radius 3 is 2.77 bits per heavy atom. The van der Waals surface area contributed by atoms with Gasteiger partial charge >= 0.3 is 0 Å². The number of halogens is 1. The van der Waals surface area contributed by atoms with Crippen LogP contribution in [0.5, 0.6) is 0 Å². The number of furan rings is 1. The summed E-state index contributed by atoms with van der Waals surface area (Å²) in [5.74, 6) is 1.50. The van der Waals surface area contributed by atoms with E-state index in [0.717, 1.165) is 12.0 Å². The fraction of sp³-hybridized carbons (Fsp3) is 0.143. The van der Waals surface area contributed by atoms with E-state index in [1.807, 2.05) is 48.5 Å². The normalized spacial score (nSPS) is 18.8. The highest BCUT2D eigenvalue weighted by atomic mass is 35.5. The van der Waals surface area contributed by atoms with Crippen molar-refractivity contribution >= 4 is 23.7 Å². The number of nitrogens with zero attached hydrogens (tertiary/aromatic N) is 1. The molecule has 1 aromatic heterocycles. The standard InChI is InChI=1S/C21H17ClN2O2/c22-16-8-4-7-15(11-16)20-10-9-17(26-20)13-23-24-21(25)19-12-18(19)14-5-2-1-3-6-14/h1-11,13,18-19H,12H2,(H,24,25)/b23-13-/t18-,19+/m1/s1. The summed E-state index contributed by atoms with van der Waals surface area (Å²) in [6.07, 6.45) is 2.37. The lowest BCUT2D eigenvalue weighted by Crippen LogP contribution is -2.20. The molecule has 4 rings (SSSR count). The lowest BCUT2D eigenvalue weighted by Gasteiger charge is -1.99. The molecule has 1 aliphatic carbocycles. The first-order valence-corrected chi connectivity index (χ1v) is 8.82. The summed E-state index contributed by atoms with van der Waals surface area (Å²) in [7, 11) is 0. The molecule has 26 heavy (non-hydrogen) atoms. The van der Waals surface area contributed by atoms with Crippen molar-refractivity contribution in [2.45, 2.75) is 12.3 Å². The third-order valence-electron chi connectivity index (χ3n) is 4.46. The SMILES string of the molecule is O=C(N/N=C\c1ccc(-c2cccc(Cl)c2)o1)[C@H]1C[C@@H]1c1ccccc1. The molecule has 4 nitrogen and oxygen atoms in total. The Balaban J connectivity index is 1.34. The Labute approximate surface area is 156 Å². The van der Waals surface area contributed by atoms with Crippen LogP contribution < -0.4 is 5.43 Å². The number of nitrogens with one attached hydrogen (secondary N) is 1. The van der Waals surface area contributed by atoms with Crippen molar-refractivity contribution in [1.82, 2.24) is 5.43 Å². The van der Waals surface area contributed by atoms with Crippen molar-refractivity contribution in [1.29, 1.82) is 0 Å². The van der Waals surface area contributed by atoms with Gasteiger partial charge in [-0.2, -0.15) is 5.10 Å². The van der Waals surface area contributed by atoms with Gasteiger partial charge in [0.15, 0.2) is 0 Å². The van der Waals surface area contributed by atoms with Gasteiger partial charge in [0.2, 0.25) is 5.91 Å². The first-order chi connectivity index (χ1) is 12.7. The first kappa shape index (κ1) is 16.6. The highest BCUT2D eigenvalue weighted by Gasteiger charge is 2.43. The Hall–Kier alpha value is -2.85. The first-order valence-electron chi connectivity index (χ1n) is 8.44. The van der Waals surface area contributed by atoms with Gasteiger partial charge in [-0.05, 0) is 42.2 Å². The second-order valence-corrected chi connectivity index (χ2v) is 6.74. The lowest BCUT2D eigenvalue weighted by molar-refractivity contribution is -0.122. The monoisotopic (exact) mass is 364 g/mol. The Kier molecular flexibility index (Phi) is 4.59. The number of carbonyl (C=O) groups is 1. The summed E-state index contributed by atoms with van der Waals surface area (Å²) in [4.78, 5) is 12.2. The second kappa shape index (κ2) is 7.18. The summed E-state index contributed by atoms with van der Waals surface area (Å²) in [6, 6.07) is 21.2. The molecule has 2 aromatic carbocycles. The number of carbonyl (C=O) groups excluding carboxylic acids is 1. The molecule has 0 aliphatic heterocycles. The van der Waals surface area contributed by atoms with Crippen LogP contribution in [0.25, 0.3) is 11.3 Å². The van der Waals surface area contributed by atoms with Crippen LogP contribution in [0.3, 0.4) is 0 Å². The number of rotatable bonds is 5. The van der Waals surface area contributed by atoms with Crippen molar-refractivity contribution in [3.63, 3.8) is 0 Å². The zero-order valence-electron chi connectivity index (χ0n) is 13.9. The molecule has 1 amide bonds. The van der Waals surface area contributed by atoms with Gasteiger partial charge in [-0.15, -0.1) is 0 Å². The van der Waals surface area contributed by atoms with Crippen molar-refractivity contribution < 1.29 is 9.21 Å². The molecule has 3 aromatic rings. The van der Waals surface area contributed by atoms with E-state index in [4.69, 9.17) is 16.0 Å². The van der Waals surface area contributed by atoms with Crippen LogP contribution >= 0.6 is 11.6 Å². The Morgan fingerprint density at radius 1 is 1.12 bits per heavy atom. The molecule has 2 atom stereocenters. The topological polar surface area (TPSA) is 54.6 Å². The van der Waals surface area contributed by atoms with Crippen molar-refractivity contribution in [2.75, 3.05) is 0 Å². The third kappa shape index (κ3) is 3.70. The average Bonchev–Trinajstić information content (AvgIpc) is 3.33. The van der Waals surface area contributed by atoms with E-state index in [0.29, 0.717) is 22.5 Å². The minimum atomic E-state index is -0.0586. The van der Waals surface area contributed by atoms with E-state index in [1.54, 1.807) is 6.07 Å². The predicted octanol–water partition coefficient (Wildman–Crippen LogP) is 4.85. The van der Waals surface area contributed by atoms with E-state index >= 15 is 0 Å². The predicted molar refractivity (Wildman–Crippen MR) is 102 cm³/mol. The maximum atomic E-state index is 12.2. The molecule has 130 valence electrons. The average molecular weight is 365 g/mol. The Bertz CT molecular complexity index is 949. The fourth-order valence-electron chi connectivity index (χ4n) is 3.01. The molecule has 5 heteroatoms. The second-order valence-electron chi connectivity index (χ2n) is 6.31. The van der Waals surface area contributed by atoms with Crippen LogP contribution in [-0.4, -0.2) is 12.1 Å². The number of hydrogen-bond acceptors (Lipinski definition) is 3. The molecular formula is C21H17ClN2O2. The van der Waals surface area contributed by atoms with Gasteiger partial charge in [-0.25, -0.2) is 5.43 Å². The molecule has 1 fully saturated rings. The van der Waals surface area contributed by atoms with Crippen LogP contribution in [0.1, 0.15) is 23.7 Å². The molecule has 1 saturated carbocycles. The van der Waals surface area contributed by atoms with Crippen molar-refractivity contribution in [2.24, 2.45) is 11.0 Å². The molecule has 1 aliphatic rings.